The van der Waals surface area contributed by atoms with Gasteiger partial charge in [0.1, 0.15) is 10.8 Å². The lowest BCUT2D eigenvalue weighted by atomic mass is 10.1. The summed E-state index contributed by atoms with van der Waals surface area (Å²) < 4.78 is 5.63. The van der Waals surface area contributed by atoms with Crippen molar-refractivity contribution in [2.45, 2.75) is 26.8 Å². The second kappa shape index (κ2) is 6.68. The number of ether oxygens (including phenoxy) is 1. The molecule has 0 radical (unpaired) electrons. The number of nitrogens with one attached hydrogen (secondary N) is 1. The lowest BCUT2D eigenvalue weighted by Crippen LogP contribution is -2.04. The zero-order chi connectivity index (χ0) is 13.7. The lowest BCUT2D eigenvalue weighted by Gasteiger charge is -2.09. The summed E-state index contributed by atoms with van der Waals surface area (Å²) in [5.41, 5.74) is 3.45. The minimum Gasteiger partial charge on any atom is -0.494 e. The second-order valence-corrected chi connectivity index (χ2v) is 5.21. The average molecular weight is 276 g/mol. The number of hydrogen-bond donors (Lipinski definition) is 1. The molecule has 2 aromatic rings. The second-order valence-electron chi connectivity index (χ2n) is 4.27. The quantitative estimate of drug-likeness (QED) is 0.877. The highest BCUT2D eigenvalue weighted by molar-refractivity contribution is 7.09. The fourth-order valence-corrected chi connectivity index (χ4v) is 2.80. The molecule has 0 saturated heterocycles. The van der Waals surface area contributed by atoms with Crippen LogP contribution < -0.4 is 10.1 Å². The maximum Gasteiger partial charge on any atom is 0.122 e. The Balaban J connectivity index is 2.28. The molecule has 0 unspecified atom stereocenters. The molecule has 0 bridgehead atoms. The third-order valence-corrected chi connectivity index (χ3v) is 3.77. The van der Waals surface area contributed by atoms with E-state index in [2.05, 4.69) is 40.8 Å². The fraction of sp³-hybridized carbons (Fsp3) is 0.400. The highest BCUT2D eigenvalue weighted by atomic mass is 32.1. The molecule has 0 amide bonds. The van der Waals surface area contributed by atoms with Gasteiger partial charge < -0.3 is 10.1 Å². The standard InChI is InChI=1S/C15H20N2OS/c1-4-11-8-12(6-7-14(11)18-5-2)13-10-19-15(17-13)9-16-3/h6-8,10,16H,4-5,9H2,1-3H3. The predicted octanol–water partition coefficient (Wildman–Crippen LogP) is 3.49. The van der Waals surface area contributed by atoms with Crippen molar-refractivity contribution in [2.75, 3.05) is 13.7 Å². The molecule has 0 fully saturated rings. The van der Waals surface area contributed by atoms with Gasteiger partial charge in [0, 0.05) is 17.5 Å². The summed E-state index contributed by atoms with van der Waals surface area (Å²) in [6.45, 7) is 5.69. The van der Waals surface area contributed by atoms with Crippen molar-refractivity contribution in [3.05, 3.63) is 34.2 Å². The van der Waals surface area contributed by atoms with E-state index in [0.717, 1.165) is 29.4 Å². The highest BCUT2D eigenvalue weighted by Crippen LogP contribution is 2.28. The SMILES string of the molecule is CCOc1ccc(-c2csc(CNC)n2)cc1CC. The van der Waals surface area contributed by atoms with E-state index in [4.69, 9.17) is 4.74 Å². The van der Waals surface area contributed by atoms with Gasteiger partial charge in [0.15, 0.2) is 0 Å². The molecule has 0 spiro atoms. The molecule has 1 aromatic heterocycles. The molecular weight excluding hydrogens is 256 g/mol. The number of benzene rings is 1. The highest BCUT2D eigenvalue weighted by Gasteiger charge is 2.08. The molecule has 19 heavy (non-hydrogen) atoms. The van der Waals surface area contributed by atoms with E-state index in [9.17, 15) is 0 Å². The van der Waals surface area contributed by atoms with Crippen LogP contribution in [0.3, 0.4) is 0 Å². The lowest BCUT2D eigenvalue weighted by molar-refractivity contribution is 0.337. The number of rotatable bonds is 6. The van der Waals surface area contributed by atoms with Crippen LogP contribution in [0.4, 0.5) is 0 Å². The van der Waals surface area contributed by atoms with Gasteiger partial charge in [-0.05, 0) is 44.2 Å². The Morgan fingerprint density at radius 1 is 1.32 bits per heavy atom. The van der Waals surface area contributed by atoms with Gasteiger partial charge in [-0.1, -0.05) is 6.92 Å². The number of nitrogens with zero attached hydrogens (tertiary/aromatic N) is 1. The van der Waals surface area contributed by atoms with Crippen molar-refractivity contribution < 1.29 is 4.74 Å². The molecule has 0 atom stereocenters. The molecule has 2 rings (SSSR count). The van der Waals surface area contributed by atoms with Crippen LogP contribution in [0.2, 0.25) is 0 Å². The summed E-state index contributed by atoms with van der Waals surface area (Å²) in [6.07, 6.45) is 0.969. The molecule has 0 saturated carbocycles. The first-order valence-corrected chi connectivity index (χ1v) is 7.51. The molecule has 0 aliphatic rings. The first-order valence-electron chi connectivity index (χ1n) is 6.63. The normalized spacial score (nSPS) is 10.7. The van der Waals surface area contributed by atoms with Gasteiger partial charge in [0.2, 0.25) is 0 Å². The topological polar surface area (TPSA) is 34.1 Å². The van der Waals surface area contributed by atoms with Crippen LogP contribution in [0.1, 0.15) is 24.4 Å². The third kappa shape index (κ3) is 3.33. The van der Waals surface area contributed by atoms with Gasteiger partial charge in [-0.3, -0.25) is 0 Å². The molecule has 1 N–H and O–H groups in total. The predicted molar refractivity (Wildman–Crippen MR) is 80.9 cm³/mol. The van der Waals surface area contributed by atoms with Crippen LogP contribution in [0.15, 0.2) is 23.6 Å². The maximum absolute atomic E-state index is 5.63. The number of aromatic nitrogens is 1. The minimum absolute atomic E-state index is 0.704. The fourth-order valence-electron chi connectivity index (χ4n) is 1.99. The van der Waals surface area contributed by atoms with Gasteiger partial charge in [-0.25, -0.2) is 4.98 Å². The number of aryl methyl sites for hydroxylation is 1. The van der Waals surface area contributed by atoms with Crippen molar-refractivity contribution in [2.24, 2.45) is 0 Å². The van der Waals surface area contributed by atoms with Crippen molar-refractivity contribution in [3.63, 3.8) is 0 Å². The first-order chi connectivity index (χ1) is 9.28. The first kappa shape index (κ1) is 14.0. The van der Waals surface area contributed by atoms with Crippen molar-refractivity contribution in [3.8, 4) is 17.0 Å². The van der Waals surface area contributed by atoms with Crippen molar-refractivity contribution in [1.82, 2.24) is 10.3 Å². The van der Waals surface area contributed by atoms with Gasteiger partial charge in [0.25, 0.3) is 0 Å². The Labute approximate surface area is 118 Å². The van der Waals surface area contributed by atoms with Crippen molar-refractivity contribution in [1.29, 1.82) is 0 Å². The summed E-state index contributed by atoms with van der Waals surface area (Å²) >= 11 is 1.69. The Morgan fingerprint density at radius 2 is 2.16 bits per heavy atom. The van der Waals surface area contributed by atoms with Crippen molar-refractivity contribution >= 4 is 11.3 Å². The smallest absolute Gasteiger partial charge is 0.122 e. The van der Waals surface area contributed by atoms with E-state index in [0.29, 0.717) is 6.61 Å². The minimum atomic E-state index is 0.704. The Morgan fingerprint density at radius 3 is 2.84 bits per heavy atom. The third-order valence-electron chi connectivity index (χ3n) is 2.92. The van der Waals surface area contributed by atoms with E-state index in [1.165, 1.54) is 11.1 Å². The van der Waals surface area contributed by atoms with Gasteiger partial charge in [-0.15, -0.1) is 11.3 Å². The van der Waals surface area contributed by atoms with Gasteiger partial charge >= 0.3 is 0 Å². The summed E-state index contributed by atoms with van der Waals surface area (Å²) in [4.78, 5) is 4.64. The molecule has 1 heterocycles. The zero-order valence-corrected chi connectivity index (χ0v) is 12.5. The van der Waals surface area contributed by atoms with Crippen LogP contribution in [0.5, 0.6) is 5.75 Å². The molecule has 0 aliphatic carbocycles. The summed E-state index contributed by atoms with van der Waals surface area (Å²) in [5, 5.41) is 6.35. The van der Waals surface area contributed by atoms with Crippen LogP contribution >= 0.6 is 11.3 Å². The number of thiazole rings is 1. The molecule has 102 valence electrons. The Bertz CT molecular complexity index is 537. The molecule has 0 aliphatic heterocycles. The maximum atomic E-state index is 5.63. The molecular formula is C15H20N2OS. The van der Waals surface area contributed by atoms with E-state index in [-0.39, 0.29) is 0 Å². The molecule has 4 heteroatoms. The zero-order valence-electron chi connectivity index (χ0n) is 11.7. The monoisotopic (exact) mass is 276 g/mol. The van der Waals surface area contributed by atoms with Crippen LogP contribution in [0.25, 0.3) is 11.3 Å². The largest absolute Gasteiger partial charge is 0.494 e. The van der Waals surface area contributed by atoms with E-state index < -0.39 is 0 Å². The Kier molecular flexibility index (Phi) is 4.93. The Hall–Kier alpha value is -1.39. The molecule has 3 nitrogen and oxygen atoms in total. The van der Waals surface area contributed by atoms with Gasteiger partial charge in [-0.2, -0.15) is 0 Å². The van der Waals surface area contributed by atoms with E-state index in [1.807, 2.05) is 14.0 Å². The van der Waals surface area contributed by atoms with E-state index in [1.54, 1.807) is 11.3 Å². The molecule has 1 aromatic carbocycles. The number of hydrogen-bond acceptors (Lipinski definition) is 4. The summed E-state index contributed by atoms with van der Waals surface area (Å²) in [5.74, 6) is 0.986. The van der Waals surface area contributed by atoms with E-state index >= 15 is 0 Å². The van der Waals surface area contributed by atoms with Crippen LogP contribution in [-0.4, -0.2) is 18.6 Å². The van der Waals surface area contributed by atoms with Crippen LogP contribution in [0, 0.1) is 0 Å². The average Bonchev–Trinajstić information content (AvgIpc) is 2.88. The van der Waals surface area contributed by atoms with Gasteiger partial charge in [0.05, 0.1) is 12.3 Å². The summed E-state index contributed by atoms with van der Waals surface area (Å²) in [7, 11) is 1.94. The summed E-state index contributed by atoms with van der Waals surface area (Å²) in [6, 6.07) is 6.32. The van der Waals surface area contributed by atoms with Crippen LogP contribution in [-0.2, 0) is 13.0 Å².